The molecule has 0 aliphatic heterocycles. The molecular weight excluding hydrogens is 360 g/mol. The molecule has 0 saturated carbocycles. The van der Waals surface area contributed by atoms with Crippen LogP contribution in [0, 0.1) is 10.1 Å². The first-order chi connectivity index (χ1) is 13.6. The van der Waals surface area contributed by atoms with Crippen molar-refractivity contribution in [2.24, 2.45) is 0 Å². The Bertz CT molecular complexity index is 966. The minimum absolute atomic E-state index is 0.0980. The number of carbonyl (C=O) groups excluding carboxylic acids is 1. The van der Waals surface area contributed by atoms with Gasteiger partial charge in [0.05, 0.1) is 4.92 Å². The summed E-state index contributed by atoms with van der Waals surface area (Å²) >= 11 is 0. The zero-order valence-electron chi connectivity index (χ0n) is 15.1. The SMILES string of the molecule is CN(Cc1ccccc1)c1ncnc(NNC(=O)c2ccccc2)c1[N+](=O)[O-]. The zero-order valence-corrected chi connectivity index (χ0v) is 15.1. The van der Waals surface area contributed by atoms with E-state index in [4.69, 9.17) is 0 Å². The van der Waals surface area contributed by atoms with Gasteiger partial charge in [0.25, 0.3) is 5.91 Å². The predicted molar refractivity (Wildman–Crippen MR) is 105 cm³/mol. The van der Waals surface area contributed by atoms with Crippen molar-refractivity contribution >= 4 is 23.2 Å². The second-order valence-corrected chi connectivity index (χ2v) is 5.94. The maximum absolute atomic E-state index is 12.2. The van der Waals surface area contributed by atoms with Crippen molar-refractivity contribution < 1.29 is 9.72 Å². The monoisotopic (exact) mass is 378 g/mol. The fourth-order valence-electron chi connectivity index (χ4n) is 2.62. The van der Waals surface area contributed by atoms with E-state index < -0.39 is 10.8 Å². The number of hydrogen-bond donors (Lipinski definition) is 2. The molecule has 1 amide bonds. The Morgan fingerprint density at radius 3 is 2.36 bits per heavy atom. The van der Waals surface area contributed by atoms with Gasteiger partial charge in [0, 0.05) is 19.2 Å². The van der Waals surface area contributed by atoms with Crippen LogP contribution < -0.4 is 15.8 Å². The van der Waals surface area contributed by atoms with Crippen LogP contribution in [0.3, 0.4) is 0 Å². The highest BCUT2D eigenvalue weighted by Crippen LogP contribution is 2.31. The average Bonchev–Trinajstić information content (AvgIpc) is 2.72. The summed E-state index contributed by atoms with van der Waals surface area (Å²) in [6.07, 6.45) is 1.21. The Balaban J connectivity index is 1.81. The van der Waals surface area contributed by atoms with Crippen LogP contribution in [0.15, 0.2) is 67.0 Å². The number of carbonyl (C=O) groups is 1. The molecule has 0 fully saturated rings. The lowest BCUT2D eigenvalue weighted by Crippen LogP contribution is -2.30. The van der Waals surface area contributed by atoms with Crippen LogP contribution in [-0.4, -0.2) is 27.8 Å². The molecule has 0 unspecified atom stereocenters. The fraction of sp³-hybridized carbons (Fsp3) is 0.105. The number of hydrazine groups is 1. The van der Waals surface area contributed by atoms with Gasteiger partial charge in [0.15, 0.2) is 0 Å². The predicted octanol–water partition coefficient (Wildman–Crippen LogP) is 2.78. The number of nitrogens with one attached hydrogen (secondary N) is 2. The number of hydrogen-bond acceptors (Lipinski definition) is 7. The van der Waals surface area contributed by atoms with Gasteiger partial charge >= 0.3 is 5.69 Å². The van der Waals surface area contributed by atoms with Crippen LogP contribution in [0.4, 0.5) is 17.3 Å². The molecule has 0 spiro atoms. The number of rotatable bonds is 7. The van der Waals surface area contributed by atoms with E-state index in [1.165, 1.54) is 6.33 Å². The second kappa shape index (κ2) is 8.58. The minimum Gasteiger partial charge on any atom is -0.349 e. The number of anilines is 2. The Labute approximate surface area is 161 Å². The molecule has 28 heavy (non-hydrogen) atoms. The van der Waals surface area contributed by atoms with E-state index in [-0.39, 0.29) is 17.3 Å². The molecule has 3 rings (SSSR count). The van der Waals surface area contributed by atoms with Gasteiger partial charge in [-0.15, -0.1) is 0 Å². The molecule has 1 heterocycles. The quantitative estimate of drug-likeness (QED) is 0.480. The molecule has 0 atom stereocenters. The van der Waals surface area contributed by atoms with Gasteiger partial charge in [0.2, 0.25) is 11.6 Å². The van der Waals surface area contributed by atoms with Crippen molar-refractivity contribution in [3.8, 4) is 0 Å². The third kappa shape index (κ3) is 4.39. The van der Waals surface area contributed by atoms with Gasteiger partial charge < -0.3 is 4.90 Å². The third-order valence-corrected chi connectivity index (χ3v) is 3.94. The van der Waals surface area contributed by atoms with Crippen LogP contribution in [0.25, 0.3) is 0 Å². The number of amides is 1. The molecule has 2 aromatic carbocycles. The molecule has 0 aliphatic rings. The summed E-state index contributed by atoms with van der Waals surface area (Å²) in [4.78, 5) is 32.9. The van der Waals surface area contributed by atoms with Crippen molar-refractivity contribution in [3.63, 3.8) is 0 Å². The molecule has 2 N–H and O–H groups in total. The van der Waals surface area contributed by atoms with Crippen molar-refractivity contribution in [2.75, 3.05) is 17.4 Å². The zero-order chi connectivity index (χ0) is 19.9. The molecule has 0 radical (unpaired) electrons. The largest absolute Gasteiger partial charge is 0.355 e. The van der Waals surface area contributed by atoms with Gasteiger partial charge in [-0.05, 0) is 17.7 Å². The van der Waals surface area contributed by atoms with E-state index in [2.05, 4.69) is 20.8 Å². The summed E-state index contributed by atoms with van der Waals surface area (Å²) in [7, 11) is 1.70. The molecule has 1 aromatic heterocycles. The van der Waals surface area contributed by atoms with Crippen molar-refractivity contribution in [2.45, 2.75) is 6.54 Å². The highest BCUT2D eigenvalue weighted by Gasteiger charge is 2.26. The standard InChI is InChI=1S/C19H18N6O3/c1-24(12-14-8-4-2-5-9-14)18-16(25(27)28)17(20-13-21-18)22-23-19(26)15-10-6-3-7-11-15/h2-11,13H,12H2,1H3,(H,23,26)(H,20,21,22). The maximum Gasteiger partial charge on any atom is 0.355 e. The van der Waals surface area contributed by atoms with Crippen LogP contribution in [-0.2, 0) is 6.54 Å². The van der Waals surface area contributed by atoms with Gasteiger partial charge in [0.1, 0.15) is 6.33 Å². The maximum atomic E-state index is 12.2. The lowest BCUT2D eigenvalue weighted by molar-refractivity contribution is -0.383. The summed E-state index contributed by atoms with van der Waals surface area (Å²) < 4.78 is 0. The topological polar surface area (TPSA) is 113 Å². The second-order valence-electron chi connectivity index (χ2n) is 5.94. The first kappa shape index (κ1) is 18.8. The number of benzene rings is 2. The van der Waals surface area contributed by atoms with Gasteiger partial charge in [-0.2, -0.15) is 0 Å². The van der Waals surface area contributed by atoms with Gasteiger partial charge in [-0.25, -0.2) is 9.97 Å². The van der Waals surface area contributed by atoms with E-state index in [9.17, 15) is 14.9 Å². The van der Waals surface area contributed by atoms with Gasteiger partial charge in [-0.1, -0.05) is 48.5 Å². The Morgan fingerprint density at radius 1 is 1.07 bits per heavy atom. The summed E-state index contributed by atoms with van der Waals surface area (Å²) in [5.41, 5.74) is 6.02. The van der Waals surface area contributed by atoms with Crippen LogP contribution in [0.5, 0.6) is 0 Å². The summed E-state index contributed by atoms with van der Waals surface area (Å²) in [5, 5.41) is 11.7. The summed E-state index contributed by atoms with van der Waals surface area (Å²) in [6.45, 7) is 0.425. The van der Waals surface area contributed by atoms with E-state index in [0.717, 1.165) is 5.56 Å². The number of aromatic nitrogens is 2. The first-order valence-electron chi connectivity index (χ1n) is 8.42. The number of nitrogens with zero attached hydrogens (tertiary/aromatic N) is 4. The fourth-order valence-corrected chi connectivity index (χ4v) is 2.62. The average molecular weight is 378 g/mol. The Hall–Kier alpha value is -4.01. The van der Waals surface area contributed by atoms with Crippen molar-refractivity contribution in [1.29, 1.82) is 0 Å². The highest BCUT2D eigenvalue weighted by atomic mass is 16.6. The molecule has 9 nitrogen and oxygen atoms in total. The van der Waals surface area contributed by atoms with E-state index in [1.54, 1.807) is 42.3 Å². The molecular formula is C19H18N6O3. The summed E-state index contributed by atoms with van der Waals surface area (Å²) in [6, 6.07) is 18.0. The lowest BCUT2D eigenvalue weighted by Gasteiger charge is -2.19. The smallest absolute Gasteiger partial charge is 0.349 e. The van der Waals surface area contributed by atoms with E-state index in [0.29, 0.717) is 12.1 Å². The molecule has 0 aliphatic carbocycles. The molecule has 9 heteroatoms. The van der Waals surface area contributed by atoms with Crippen LogP contribution in [0.2, 0.25) is 0 Å². The molecule has 3 aromatic rings. The molecule has 0 saturated heterocycles. The Morgan fingerprint density at radius 2 is 1.71 bits per heavy atom. The molecule has 142 valence electrons. The van der Waals surface area contributed by atoms with E-state index >= 15 is 0 Å². The number of nitro groups is 1. The third-order valence-electron chi connectivity index (χ3n) is 3.94. The lowest BCUT2D eigenvalue weighted by atomic mass is 10.2. The highest BCUT2D eigenvalue weighted by molar-refractivity contribution is 5.95. The minimum atomic E-state index is -0.576. The molecule has 0 bridgehead atoms. The summed E-state index contributed by atoms with van der Waals surface area (Å²) in [5.74, 6) is -0.396. The Kier molecular flexibility index (Phi) is 5.75. The van der Waals surface area contributed by atoms with Crippen molar-refractivity contribution in [3.05, 3.63) is 88.2 Å². The first-order valence-corrected chi connectivity index (χ1v) is 8.42. The van der Waals surface area contributed by atoms with Gasteiger partial charge in [-0.3, -0.25) is 25.8 Å². The van der Waals surface area contributed by atoms with Crippen LogP contribution >= 0.6 is 0 Å². The van der Waals surface area contributed by atoms with Crippen molar-refractivity contribution in [1.82, 2.24) is 15.4 Å². The van der Waals surface area contributed by atoms with Crippen LogP contribution in [0.1, 0.15) is 15.9 Å². The normalized spacial score (nSPS) is 10.2. The van der Waals surface area contributed by atoms with E-state index in [1.807, 2.05) is 30.3 Å².